The van der Waals surface area contributed by atoms with Gasteiger partial charge in [0.05, 0.1) is 11.9 Å². The fourth-order valence-electron chi connectivity index (χ4n) is 1.30. The Morgan fingerprint density at radius 2 is 2.17 bits per heavy atom. The van der Waals surface area contributed by atoms with E-state index in [-0.39, 0.29) is 5.82 Å². The van der Waals surface area contributed by atoms with Gasteiger partial charge in [0.25, 0.3) is 0 Å². The Labute approximate surface area is 104 Å². The van der Waals surface area contributed by atoms with Crippen LogP contribution in [0.25, 0.3) is 0 Å². The molecule has 18 heavy (non-hydrogen) atoms. The highest BCUT2D eigenvalue weighted by atomic mass is 19.1. The number of halogens is 1. The van der Waals surface area contributed by atoms with E-state index in [1.807, 2.05) is 0 Å². The zero-order valence-corrected chi connectivity index (χ0v) is 9.60. The highest BCUT2D eigenvalue weighted by Gasteiger charge is 2.03. The molecule has 1 aromatic heterocycles. The van der Waals surface area contributed by atoms with Gasteiger partial charge in [-0.1, -0.05) is 18.2 Å². The standard InChI is InChI=1S/C12H12FN5/c1-2-7-14-12-17-11(8-15-18-12)16-10-6-4-3-5-9(10)13/h2-6,8H,1,7H2,(H2,14,16,17,18). The normalized spacial score (nSPS) is 9.83. The Kier molecular flexibility index (Phi) is 3.80. The number of hydrogen-bond acceptors (Lipinski definition) is 5. The molecule has 1 heterocycles. The van der Waals surface area contributed by atoms with E-state index < -0.39 is 0 Å². The maximum absolute atomic E-state index is 13.4. The number of anilines is 3. The van der Waals surface area contributed by atoms with Crippen molar-refractivity contribution in [3.8, 4) is 0 Å². The van der Waals surface area contributed by atoms with Gasteiger partial charge >= 0.3 is 0 Å². The molecule has 0 aliphatic carbocycles. The van der Waals surface area contributed by atoms with Gasteiger partial charge in [-0.05, 0) is 12.1 Å². The van der Waals surface area contributed by atoms with E-state index in [0.29, 0.717) is 24.0 Å². The van der Waals surface area contributed by atoms with Crippen LogP contribution in [-0.2, 0) is 0 Å². The summed E-state index contributed by atoms with van der Waals surface area (Å²) in [4.78, 5) is 4.14. The van der Waals surface area contributed by atoms with Gasteiger partial charge in [-0.15, -0.1) is 11.7 Å². The summed E-state index contributed by atoms with van der Waals surface area (Å²) in [5.74, 6) is 0.426. The van der Waals surface area contributed by atoms with Crippen LogP contribution in [-0.4, -0.2) is 21.7 Å². The monoisotopic (exact) mass is 245 g/mol. The first-order chi connectivity index (χ1) is 8.79. The maximum Gasteiger partial charge on any atom is 0.244 e. The largest absolute Gasteiger partial charge is 0.349 e. The first kappa shape index (κ1) is 12.0. The van der Waals surface area contributed by atoms with Crippen LogP contribution in [0.1, 0.15) is 0 Å². The van der Waals surface area contributed by atoms with E-state index >= 15 is 0 Å². The number of benzene rings is 1. The Bertz CT molecular complexity index is 543. The first-order valence-electron chi connectivity index (χ1n) is 5.35. The van der Waals surface area contributed by atoms with Crippen molar-refractivity contribution in [2.45, 2.75) is 0 Å². The van der Waals surface area contributed by atoms with Gasteiger partial charge < -0.3 is 10.6 Å². The Hall–Kier alpha value is -2.50. The van der Waals surface area contributed by atoms with Crippen LogP contribution in [0.3, 0.4) is 0 Å². The van der Waals surface area contributed by atoms with Gasteiger partial charge in [-0.25, -0.2) is 4.39 Å². The van der Waals surface area contributed by atoms with Crippen LogP contribution in [0.5, 0.6) is 0 Å². The molecule has 0 unspecified atom stereocenters. The molecular weight excluding hydrogens is 233 g/mol. The zero-order valence-electron chi connectivity index (χ0n) is 9.60. The number of nitrogens with zero attached hydrogens (tertiary/aromatic N) is 3. The van der Waals surface area contributed by atoms with E-state index in [4.69, 9.17) is 0 Å². The van der Waals surface area contributed by atoms with Gasteiger partial charge in [0, 0.05) is 6.54 Å². The van der Waals surface area contributed by atoms with Crippen molar-refractivity contribution in [3.63, 3.8) is 0 Å². The molecular formula is C12H12FN5. The molecule has 0 spiro atoms. The first-order valence-corrected chi connectivity index (χ1v) is 5.35. The smallest absolute Gasteiger partial charge is 0.244 e. The lowest BCUT2D eigenvalue weighted by Gasteiger charge is -2.07. The molecule has 2 rings (SSSR count). The molecule has 0 saturated carbocycles. The van der Waals surface area contributed by atoms with Gasteiger partial charge in [-0.2, -0.15) is 10.1 Å². The Morgan fingerprint density at radius 1 is 1.33 bits per heavy atom. The topological polar surface area (TPSA) is 62.7 Å². The predicted octanol–water partition coefficient (Wildman–Crippen LogP) is 2.35. The molecule has 92 valence electrons. The van der Waals surface area contributed by atoms with Gasteiger partial charge in [0.2, 0.25) is 5.95 Å². The second kappa shape index (κ2) is 5.72. The van der Waals surface area contributed by atoms with Crippen molar-refractivity contribution in [2.24, 2.45) is 0 Å². The molecule has 0 amide bonds. The fourth-order valence-corrected chi connectivity index (χ4v) is 1.30. The summed E-state index contributed by atoms with van der Waals surface area (Å²) >= 11 is 0. The number of aromatic nitrogens is 3. The quantitative estimate of drug-likeness (QED) is 0.792. The van der Waals surface area contributed by atoms with Crippen LogP contribution in [0.4, 0.5) is 21.8 Å². The lowest BCUT2D eigenvalue weighted by Crippen LogP contribution is -2.06. The third kappa shape index (κ3) is 3.00. The molecule has 0 saturated heterocycles. The van der Waals surface area contributed by atoms with Gasteiger partial charge in [0.15, 0.2) is 5.82 Å². The lowest BCUT2D eigenvalue weighted by atomic mass is 10.3. The predicted molar refractivity (Wildman–Crippen MR) is 68.2 cm³/mol. The van der Waals surface area contributed by atoms with Crippen LogP contribution in [0.15, 0.2) is 43.1 Å². The number of rotatable bonds is 5. The van der Waals surface area contributed by atoms with E-state index in [1.54, 1.807) is 24.3 Å². The molecule has 5 nitrogen and oxygen atoms in total. The van der Waals surface area contributed by atoms with Crippen molar-refractivity contribution in [3.05, 3.63) is 48.9 Å². The zero-order chi connectivity index (χ0) is 12.8. The molecule has 0 fully saturated rings. The number of para-hydroxylation sites is 1. The SMILES string of the molecule is C=CCNc1nncc(Nc2ccccc2F)n1. The van der Waals surface area contributed by atoms with Gasteiger partial charge in [0.1, 0.15) is 5.82 Å². The molecule has 1 aromatic carbocycles. The third-order valence-corrected chi connectivity index (χ3v) is 2.10. The summed E-state index contributed by atoms with van der Waals surface area (Å²) in [5.41, 5.74) is 0.340. The minimum absolute atomic E-state index is 0.340. The third-order valence-electron chi connectivity index (χ3n) is 2.10. The molecule has 0 bridgehead atoms. The van der Waals surface area contributed by atoms with E-state index in [0.717, 1.165) is 0 Å². The molecule has 6 heteroatoms. The van der Waals surface area contributed by atoms with Gasteiger partial charge in [-0.3, -0.25) is 0 Å². The Balaban J connectivity index is 2.14. The molecule has 0 aliphatic heterocycles. The summed E-state index contributed by atoms with van der Waals surface area (Å²) in [6, 6.07) is 6.34. The van der Waals surface area contributed by atoms with Crippen molar-refractivity contribution in [1.82, 2.24) is 15.2 Å². The summed E-state index contributed by atoms with van der Waals surface area (Å²) in [5, 5.41) is 13.3. The maximum atomic E-state index is 13.4. The molecule has 2 aromatic rings. The average Bonchev–Trinajstić information content (AvgIpc) is 2.40. The summed E-state index contributed by atoms with van der Waals surface area (Å²) in [6.07, 6.45) is 3.10. The summed E-state index contributed by atoms with van der Waals surface area (Å²) in [6.45, 7) is 4.11. The highest BCUT2D eigenvalue weighted by Crippen LogP contribution is 2.17. The molecule has 0 aliphatic rings. The molecule has 0 radical (unpaired) electrons. The number of hydrogen-bond donors (Lipinski definition) is 2. The van der Waals surface area contributed by atoms with E-state index in [1.165, 1.54) is 12.3 Å². The van der Waals surface area contributed by atoms with Crippen LogP contribution >= 0.6 is 0 Å². The van der Waals surface area contributed by atoms with Crippen molar-refractivity contribution in [1.29, 1.82) is 0 Å². The van der Waals surface area contributed by atoms with E-state index in [2.05, 4.69) is 32.4 Å². The minimum Gasteiger partial charge on any atom is -0.349 e. The van der Waals surface area contributed by atoms with Crippen LogP contribution in [0, 0.1) is 5.82 Å². The fraction of sp³-hybridized carbons (Fsp3) is 0.0833. The van der Waals surface area contributed by atoms with Crippen molar-refractivity contribution >= 4 is 17.5 Å². The van der Waals surface area contributed by atoms with Crippen LogP contribution in [0.2, 0.25) is 0 Å². The van der Waals surface area contributed by atoms with Crippen molar-refractivity contribution < 1.29 is 4.39 Å². The lowest BCUT2D eigenvalue weighted by molar-refractivity contribution is 0.631. The van der Waals surface area contributed by atoms with Crippen LogP contribution < -0.4 is 10.6 Å². The second-order valence-electron chi connectivity index (χ2n) is 3.44. The molecule has 0 atom stereocenters. The second-order valence-corrected chi connectivity index (χ2v) is 3.44. The average molecular weight is 245 g/mol. The van der Waals surface area contributed by atoms with Crippen molar-refractivity contribution in [2.75, 3.05) is 17.2 Å². The molecule has 2 N–H and O–H groups in total. The number of nitrogens with one attached hydrogen (secondary N) is 2. The Morgan fingerprint density at radius 3 is 2.94 bits per heavy atom. The van der Waals surface area contributed by atoms with E-state index in [9.17, 15) is 4.39 Å². The summed E-state index contributed by atoms with van der Waals surface area (Å²) < 4.78 is 13.4. The highest BCUT2D eigenvalue weighted by molar-refractivity contribution is 5.56. The summed E-state index contributed by atoms with van der Waals surface area (Å²) in [7, 11) is 0. The minimum atomic E-state index is -0.350.